The minimum absolute atomic E-state index is 0.0293. The van der Waals surface area contributed by atoms with Gasteiger partial charge in [-0.25, -0.2) is 13.8 Å². The lowest BCUT2D eigenvalue weighted by molar-refractivity contribution is -0.130. The van der Waals surface area contributed by atoms with Gasteiger partial charge in [-0.05, 0) is 52.9 Å². The largest absolute Gasteiger partial charge is 0.345 e. The molecule has 3 aromatic carbocycles. The number of benzene rings is 3. The summed E-state index contributed by atoms with van der Waals surface area (Å²) in [6.45, 7) is 0.467. The van der Waals surface area contributed by atoms with E-state index in [-0.39, 0.29) is 35.6 Å². The lowest BCUT2D eigenvalue weighted by Gasteiger charge is -2.22. The van der Waals surface area contributed by atoms with Crippen molar-refractivity contribution >= 4 is 40.6 Å². The molecule has 5 aromatic rings. The fraction of sp³-hybridized carbons (Fsp3) is 0.156. The summed E-state index contributed by atoms with van der Waals surface area (Å²) in [7, 11) is 0. The number of aromatic nitrogens is 3. The summed E-state index contributed by atoms with van der Waals surface area (Å²) in [6, 6.07) is 24.8. The van der Waals surface area contributed by atoms with Crippen LogP contribution in [-0.4, -0.2) is 43.1 Å². The Kier molecular flexibility index (Phi) is 8.89. The van der Waals surface area contributed by atoms with Crippen molar-refractivity contribution in [3.05, 3.63) is 135 Å². The molecule has 0 fully saturated rings. The number of thioether (sulfide) groups is 1. The number of hydrazone groups is 1. The molecule has 1 aliphatic heterocycles. The van der Waals surface area contributed by atoms with Gasteiger partial charge >= 0.3 is 0 Å². The molecule has 6 rings (SSSR count). The van der Waals surface area contributed by atoms with Crippen molar-refractivity contribution in [3.63, 3.8) is 0 Å². The van der Waals surface area contributed by atoms with E-state index in [9.17, 15) is 18.4 Å². The van der Waals surface area contributed by atoms with Crippen molar-refractivity contribution in [1.82, 2.24) is 25.1 Å². The zero-order chi connectivity index (χ0) is 30.5. The van der Waals surface area contributed by atoms with E-state index in [1.165, 1.54) is 53.2 Å². The zero-order valence-corrected chi connectivity index (χ0v) is 24.9. The molecular weight excluding hydrogens is 603 g/mol. The Morgan fingerprint density at radius 2 is 1.75 bits per heavy atom. The zero-order valence-electron chi connectivity index (χ0n) is 23.3. The van der Waals surface area contributed by atoms with Gasteiger partial charge in [-0.1, -0.05) is 66.4 Å². The first kappa shape index (κ1) is 29.4. The number of hydrogen-bond donors (Lipinski definition) is 1. The second-order valence-electron chi connectivity index (χ2n) is 9.99. The molecule has 222 valence electrons. The minimum Gasteiger partial charge on any atom is -0.345 e. The number of amides is 2. The fourth-order valence-electron chi connectivity index (χ4n) is 4.84. The van der Waals surface area contributed by atoms with Crippen molar-refractivity contribution in [2.75, 3.05) is 5.75 Å². The van der Waals surface area contributed by atoms with Gasteiger partial charge in [0.25, 0.3) is 11.8 Å². The van der Waals surface area contributed by atoms with Crippen molar-refractivity contribution in [2.45, 2.75) is 30.7 Å². The van der Waals surface area contributed by atoms with Crippen LogP contribution in [0.4, 0.5) is 8.78 Å². The monoisotopic (exact) mass is 628 g/mol. The molecule has 1 aliphatic rings. The summed E-state index contributed by atoms with van der Waals surface area (Å²) in [4.78, 5) is 27.3. The number of nitrogens with zero attached hydrogens (tertiary/aromatic N) is 5. The van der Waals surface area contributed by atoms with Crippen molar-refractivity contribution in [2.24, 2.45) is 5.10 Å². The topological polar surface area (TPSA) is 92.5 Å². The highest BCUT2D eigenvalue weighted by atomic mass is 32.2. The molecule has 2 amide bonds. The van der Waals surface area contributed by atoms with Gasteiger partial charge in [0.2, 0.25) is 0 Å². The second kappa shape index (κ2) is 13.3. The van der Waals surface area contributed by atoms with Crippen LogP contribution in [0.3, 0.4) is 0 Å². The third-order valence-corrected chi connectivity index (χ3v) is 8.89. The summed E-state index contributed by atoms with van der Waals surface area (Å²) < 4.78 is 29.1. The Bertz CT molecular complexity index is 1790. The van der Waals surface area contributed by atoms with Crippen LogP contribution in [-0.2, 0) is 17.9 Å². The number of hydrogen-bond acceptors (Lipinski definition) is 7. The minimum atomic E-state index is -0.500. The van der Waals surface area contributed by atoms with Crippen LogP contribution in [0.15, 0.2) is 107 Å². The smallest absolute Gasteiger partial charge is 0.253 e. The van der Waals surface area contributed by atoms with Gasteiger partial charge in [-0.15, -0.1) is 21.5 Å². The van der Waals surface area contributed by atoms with Gasteiger partial charge in [0.05, 0.1) is 35.5 Å². The van der Waals surface area contributed by atoms with Gasteiger partial charge in [-0.2, -0.15) is 5.10 Å². The van der Waals surface area contributed by atoms with Gasteiger partial charge in [0, 0.05) is 12.0 Å². The molecule has 8 nitrogen and oxygen atoms in total. The van der Waals surface area contributed by atoms with E-state index >= 15 is 0 Å². The molecule has 0 saturated carbocycles. The highest BCUT2D eigenvalue weighted by Crippen LogP contribution is 2.35. The molecule has 12 heteroatoms. The Morgan fingerprint density at radius 3 is 2.50 bits per heavy atom. The summed E-state index contributed by atoms with van der Waals surface area (Å²) in [5, 5.41) is 20.0. The van der Waals surface area contributed by atoms with Crippen molar-refractivity contribution < 1.29 is 18.4 Å². The van der Waals surface area contributed by atoms with Gasteiger partial charge in [0.1, 0.15) is 11.6 Å². The SMILES string of the molecule is O=C(NCc1nnc(SCC(=O)N2N=C(c3cccs3)CC2c2ccc(F)cc2)n1Cc1ccccc1)c1cccc(F)c1. The van der Waals surface area contributed by atoms with E-state index in [1.807, 2.05) is 52.4 Å². The molecule has 1 unspecified atom stereocenters. The van der Waals surface area contributed by atoms with E-state index in [2.05, 4.69) is 20.6 Å². The quantitative estimate of drug-likeness (QED) is 0.190. The Morgan fingerprint density at radius 1 is 0.932 bits per heavy atom. The van der Waals surface area contributed by atoms with Crippen LogP contribution in [0.25, 0.3) is 0 Å². The molecule has 44 heavy (non-hydrogen) atoms. The molecule has 1 N–H and O–H groups in total. The normalized spacial score (nSPS) is 14.5. The van der Waals surface area contributed by atoms with Crippen molar-refractivity contribution in [3.8, 4) is 0 Å². The van der Waals surface area contributed by atoms with Gasteiger partial charge < -0.3 is 9.88 Å². The average molecular weight is 629 g/mol. The van der Waals surface area contributed by atoms with Crippen LogP contribution >= 0.6 is 23.1 Å². The van der Waals surface area contributed by atoms with Gasteiger partial charge in [0.15, 0.2) is 11.0 Å². The highest BCUT2D eigenvalue weighted by molar-refractivity contribution is 7.99. The Balaban J connectivity index is 1.21. The molecule has 0 radical (unpaired) electrons. The molecule has 2 aromatic heterocycles. The third kappa shape index (κ3) is 6.76. The summed E-state index contributed by atoms with van der Waals surface area (Å²) in [5.74, 6) is -1.01. The third-order valence-electron chi connectivity index (χ3n) is 7.02. The van der Waals surface area contributed by atoms with E-state index < -0.39 is 11.7 Å². The molecule has 0 saturated heterocycles. The molecule has 0 aliphatic carbocycles. The van der Waals surface area contributed by atoms with Crippen LogP contribution in [0, 0.1) is 11.6 Å². The first-order valence-electron chi connectivity index (χ1n) is 13.8. The van der Waals surface area contributed by atoms with Crippen LogP contribution in [0.1, 0.15) is 44.6 Å². The summed E-state index contributed by atoms with van der Waals surface area (Å²) in [5.41, 5.74) is 2.78. The summed E-state index contributed by atoms with van der Waals surface area (Å²) in [6.07, 6.45) is 0.516. The fourth-order valence-corrected chi connectivity index (χ4v) is 6.37. The number of thiophene rings is 1. The van der Waals surface area contributed by atoms with Gasteiger partial charge in [-0.3, -0.25) is 9.59 Å². The number of nitrogens with one attached hydrogen (secondary N) is 1. The maximum atomic E-state index is 13.7. The van der Waals surface area contributed by atoms with E-state index in [0.29, 0.717) is 23.9 Å². The maximum Gasteiger partial charge on any atom is 0.253 e. The Labute approximate surface area is 260 Å². The first-order chi connectivity index (χ1) is 21.4. The van der Waals surface area contributed by atoms with E-state index in [1.54, 1.807) is 23.5 Å². The van der Waals surface area contributed by atoms with E-state index in [4.69, 9.17) is 0 Å². The van der Waals surface area contributed by atoms with Crippen LogP contribution < -0.4 is 5.32 Å². The maximum absolute atomic E-state index is 13.7. The molecule has 0 spiro atoms. The number of halogens is 2. The highest BCUT2D eigenvalue weighted by Gasteiger charge is 2.33. The number of carbonyl (C=O) groups excluding carboxylic acids is 2. The Hall–Kier alpha value is -4.68. The number of rotatable bonds is 10. The lowest BCUT2D eigenvalue weighted by atomic mass is 10.0. The molecule has 0 bridgehead atoms. The van der Waals surface area contributed by atoms with Crippen molar-refractivity contribution in [1.29, 1.82) is 0 Å². The predicted octanol–water partition coefficient (Wildman–Crippen LogP) is 6.07. The van der Waals surface area contributed by atoms with Crippen LogP contribution in [0.5, 0.6) is 0 Å². The number of carbonyl (C=O) groups is 2. The first-order valence-corrected chi connectivity index (χ1v) is 15.6. The van der Waals surface area contributed by atoms with E-state index in [0.717, 1.165) is 21.7 Å². The molecular formula is C32H26F2N6O2S2. The standard InChI is InChI=1S/C32H26F2N6O2S2/c33-24-13-11-22(12-14-24)27-17-26(28-10-5-15-43-28)38-40(27)30(41)20-44-32-37-36-29(39(32)19-21-6-2-1-3-7-21)18-35-31(42)23-8-4-9-25(34)16-23/h1-16,27H,17-20H2,(H,35,42). The van der Waals surface area contributed by atoms with Crippen LogP contribution in [0.2, 0.25) is 0 Å². The second-order valence-corrected chi connectivity index (χ2v) is 11.9. The predicted molar refractivity (Wildman–Crippen MR) is 165 cm³/mol. The molecule has 1 atom stereocenters. The lowest BCUT2D eigenvalue weighted by Crippen LogP contribution is -2.28. The summed E-state index contributed by atoms with van der Waals surface area (Å²) >= 11 is 2.77. The average Bonchev–Trinajstić information content (AvgIpc) is 3.80. The molecule has 3 heterocycles.